The van der Waals surface area contributed by atoms with Crippen LogP contribution in [0.5, 0.6) is 0 Å². The third-order valence-electron chi connectivity index (χ3n) is 8.49. The molecule has 2 fully saturated rings. The number of imidazole rings is 1. The van der Waals surface area contributed by atoms with Gasteiger partial charge in [-0.2, -0.15) is 4.31 Å². The molecular formula is C30H36BrN7O4S. The van der Waals surface area contributed by atoms with Crippen molar-refractivity contribution in [2.24, 2.45) is 0 Å². The number of fused-ring (bicyclic) bond motifs is 1. The van der Waals surface area contributed by atoms with E-state index in [2.05, 4.69) is 48.8 Å². The maximum Gasteiger partial charge on any atom is 0.254 e. The molecule has 3 aromatic heterocycles. The molecule has 1 aromatic carbocycles. The number of pyridine rings is 1. The number of hydrogen-bond acceptors (Lipinski definition) is 7. The highest BCUT2D eigenvalue weighted by Gasteiger charge is 2.31. The molecule has 1 atom stereocenters. The number of benzene rings is 1. The summed E-state index contributed by atoms with van der Waals surface area (Å²) in [5.41, 5.74) is 7.63. The summed E-state index contributed by atoms with van der Waals surface area (Å²) in [6.45, 7) is 11.0. The van der Waals surface area contributed by atoms with Gasteiger partial charge in [0.15, 0.2) is 5.65 Å². The number of anilines is 1. The van der Waals surface area contributed by atoms with E-state index in [1.165, 1.54) is 0 Å². The van der Waals surface area contributed by atoms with Crippen LogP contribution in [0.1, 0.15) is 40.7 Å². The SMILES string of the molecule is CCS(=O)(=O)N1CCC(Nc2c(Br)cnc3nc(-c4cc(C)n(-c5cccc(C(=O)N6CCOCC6)c5C)c4C)[nH]c23)C1. The van der Waals surface area contributed by atoms with E-state index in [0.29, 0.717) is 62.8 Å². The zero-order valence-electron chi connectivity index (χ0n) is 24.8. The van der Waals surface area contributed by atoms with Crippen molar-refractivity contribution in [3.8, 4) is 17.1 Å². The summed E-state index contributed by atoms with van der Waals surface area (Å²) in [5.74, 6) is 0.805. The van der Waals surface area contributed by atoms with Crippen LogP contribution < -0.4 is 5.32 Å². The number of carbonyl (C=O) groups is 1. The number of hydrogen-bond donors (Lipinski definition) is 2. The van der Waals surface area contributed by atoms with Crippen LogP contribution in [0.3, 0.4) is 0 Å². The Bertz CT molecular complexity index is 1810. The molecule has 5 heterocycles. The van der Waals surface area contributed by atoms with Crippen LogP contribution in [-0.4, -0.2) is 94.2 Å². The second-order valence-corrected chi connectivity index (χ2v) is 14.2. The number of aromatic nitrogens is 4. The Kier molecular flexibility index (Phi) is 8.09. The highest BCUT2D eigenvalue weighted by Crippen LogP contribution is 2.35. The number of aryl methyl sites for hydroxylation is 1. The van der Waals surface area contributed by atoms with Crippen LogP contribution in [0.25, 0.3) is 28.2 Å². The van der Waals surface area contributed by atoms with Crippen LogP contribution >= 0.6 is 15.9 Å². The van der Waals surface area contributed by atoms with Gasteiger partial charge in [-0.3, -0.25) is 4.79 Å². The third-order valence-corrected chi connectivity index (χ3v) is 10.9. The van der Waals surface area contributed by atoms with E-state index in [1.54, 1.807) is 17.4 Å². The molecule has 2 N–H and O–H groups in total. The predicted molar refractivity (Wildman–Crippen MR) is 170 cm³/mol. The lowest BCUT2D eigenvalue weighted by Crippen LogP contribution is -2.41. The van der Waals surface area contributed by atoms with Gasteiger partial charge in [0.2, 0.25) is 10.0 Å². The summed E-state index contributed by atoms with van der Waals surface area (Å²) in [4.78, 5) is 28.1. The normalized spacial score (nSPS) is 18.1. The molecule has 2 saturated heterocycles. The number of H-pyrrole nitrogens is 1. The molecule has 0 radical (unpaired) electrons. The lowest BCUT2D eigenvalue weighted by atomic mass is 10.0. The quantitative estimate of drug-likeness (QED) is 0.299. The molecule has 11 nitrogen and oxygen atoms in total. The lowest BCUT2D eigenvalue weighted by Gasteiger charge is -2.28. The number of amides is 1. The second kappa shape index (κ2) is 11.7. The number of halogens is 1. The number of morpholine rings is 1. The van der Waals surface area contributed by atoms with E-state index in [9.17, 15) is 13.2 Å². The van der Waals surface area contributed by atoms with Gasteiger partial charge < -0.3 is 24.5 Å². The topological polar surface area (TPSA) is 125 Å². The number of ether oxygens (including phenoxy) is 1. The van der Waals surface area contributed by atoms with Crippen molar-refractivity contribution in [3.63, 3.8) is 0 Å². The van der Waals surface area contributed by atoms with Crippen molar-refractivity contribution in [2.75, 3.05) is 50.5 Å². The van der Waals surface area contributed by atoms with Crippen LogP contribution in [0, 0.1) is 20.8 Å². The smallest absolute Gasteiger partial charge is 0.254 e. The van der Waals surface area contributed by atoms with E-state index in [-0.39, 0.29) is 17.7 Å². The summed E-state index contributed by atoms with van der Waals surface area (Å²) >= 11 is 3.63. The van der Waals surface area contributed by atoms with Crippen molar-refractivity contribution in [3.05, 3.63) is 57.4 Å². The van der Waals surface area contributed by atoms with Crippen LogP contribution in [0.15, 0.2) is 34.9 Å². The molecule has 13 heteroatoms. The fourth-order valence-corrected chi connectivity index (χ4v) is 7.67. The Balaban J connectivity index is 1.33. The maximum absolute atomic E-state index is 13.4. The first-order valence-electron chi connectivity index (χ1n) is 14.5. The van der Waals surface area contributed by atoms with Crippen molar-refractivity contribution < 1.29 is 17.9 Å². The monoisotopic (exact) mass is 669 g/mol. The summed E-state index contributed by atoms with van der Waals surface area (Å²) in [6.07, 6.45) is 2.43. The van der Waals surface area contributed by atoms with Crippen LogP contribution in [0.4, 0.5) is 5.69 Å². The molecule has 0 spiro atoms. The van der Waals surface area contributed by atoms with Gasteiger partial charge in [0.1, 0.15) is 11.3 Å². The van der Waals surface area contributed by atoms with Crippen molar-refractivity contribution in [1.29, 1.82) is 0 Å². The van der Waals surface area contributed by atoms with Gasteiger partial charge in [0, 0.05) is 66.6 Å². The minimum Gasteiger partial charge on any atom is -0.378 e. The Labute approximate surface area is 259 Å². The summed E-state index contributed by atoms with van der Waals surface area (Å²) in [7, 11) is -3.23. The number of nitrogens with one attached hydrogen (secondary N) is 2. The van der Waals surface area contributed by atoms with Gasteiger partial charge in [0.25, 0.3) is 5.91 Å². The zero-order chi connectivity index (χ0) is 30.5. The molecule has 2 aliphatic heterocycles. The molecular weight excluding hydrogens is 634 g/mol. The molecule has 0 aliphatic carbocycles. The predicted octanol–water partition coefficient (Wildman–Crippen LogP) is 4.41. The number of nitrogens with zero attached hydrogens (tertiary/aromatic N) is 5. The highest BCUT2D eigenvalue weighted by molar-refractivity contribution is 9.10. The second-order valence-electron chi connectivity index (χ2n) is 11.1. The number of carbonyl (C=O) groups excluding carboxylic acids is 1. The first-order valence-corrected chi connectivity index (χ1v) is 16.9. The van der Waals surface area contributed by atoms with Crippen molar-refractivity contribution >= 4 is 48.7 Å². The first-order chi connectivity index (χ1) is 20.6. The fourth-order valence-electron chi connectivity index (χ4n) is 6.10. The van der Waals surface area contributed by atoms with Gasteiger partial charge in [-0.25, -0.2) is 18.4 Å². The van der Waals surface area contributed by atoms with Gasteiger partial charge >= 0.3 is 0 Å². The van der Waals surface area contributed by atoms with Crippen LogP contribution in [-0.2, 0) is 14.8 Å². The minimum atomic E-state index is -3.23. The molecule has 4 aromatic rings. The fraction of sp³-hybridized carbons (Fsp3) is 0.433. The summed E-state index contributed by atoms with van der Waals surface area (Å²) < 4.78 is 34.7. The molecule has 1 unspecified atom stereocenters. The zero-order valence-corrected chi connectivity index (χ0v) is 27.2. The van der Waals surface area contributed by atoms with E-state index in [4.69, 9.17) is 9.72 Å². The van der Waals surface area contributed by atoms with Gasteiger partial charge in [-0.1, -0.05) is 6.07 Å². The Morgan fingerprint density at radius 2 is 1.95 bits per heavy atom. The third kappa shape index (κ3) is 5.47. The largest absolute Gasteiger partial charge is 0.378 e. The standard InChI is InChI=1S/C30H36BrN7O4S/c1-5-43(40,41)37-10-9-21(17-37)33-26-24(31)16-32-29-27(26)34-28(35-29)23-15-18(2)38(20(23)4)25-8-6-7-22(19(25)3)30(39)36-11-13-42-14-12-36/h6-8,15-16,21H,5,9-14,17H2,1-4H3,(H2,32,33,34,35). The average molecular weight is 671 g/mol. The van der Waals surface area contributed by atoms with E-state index in [1.807, 2.05) is 36.9 Å². The highest BCUT2D eigenvalue weighted by atomic mass is 79.9. The van der Waals surface area contributed by atoms with E-state index >= 15 is 0 Å². The number of rotatable bonds is 7. The molecule has 228 valence electrons. The average Bonchev–Trinajstić information content (AvgIpc) is 3.73. The molecule has 0 saturated carbocycles. The lowest BCUT2D eigenvalue weighted by molar-refractivity contribution is 0.0302. The van der Waals surface area contributed by atoms with Crippen molar-refractivity contribution in [2.45, 2.75) is 40.2 Å². The Hall–Kier alpha value is -3.26. The Morgan fingerprint density at radius 3 is 2.70 bits per heavy atom. The number of sulfonamides is 1. The molecule has 1 amide bonds. The molecule has 2 aliphatic rings. The first kappa shape index (κ1) is 29.8. The minimum absolute atomic E-state index is 0.0250. The van der Waals surface area contributed by atoms with E-state index < -0.39 is 10.0 Å². The van der Waals surface area contributed by atoms with E-state index in [0.717, 1.165) is 43.9 Å². The van der Waals surface area contributed by atoms with Crippen LogP contribution in [0.2, 0.25) is 0 Å². The summed E-state index contributed by atoms with van der Waals surface area (Å²) in [6, 6.07) is 7.93. The summed E-state index contributed by atoms with van der Waals surface area (Å²) in [5, 5.41) is 3.54. The maximum atomic E-state index is 13.4. The Morgan fingerprint density at radius 1 is 1.19 bits per heavy atom. The van der Waals surface area contributed by atoms with Gasteiger partial charge in [-0.15, -0.1) is 0 Å². The van der Waals surface area contributed by atoms with Gasteiger partial charge in [-0.05, 0) is 73.8 Å². The molecule has 43 heavy (non-hydrogen) atoms. The number of aromatic amines is 1. The van der Waals surface area contributed by atoms with Gasteiger partial charge in [0.05, 0.1) is 29.1 Å². The van der Waals surface area contributed by atoms with Crippen molar-refractivity contribution in [1.82, 2.24) is 28.7 Å². The molecule has 6 rings (SSSR count). The molecule has 0 bridgehead atoms.